The lowest BCUT2D eigenvalue weighted by Crippen LogP contribution is -2.46. The van der Waals surface area contributed by atoms with Gasteiger partial charge in [0.05, 0.1) is 27.4 Å². The third-order valence-corrected chi connectivity index (χ3v) is 15.7. The molecule has 3 aromatic rings. The van der Waals surface area contributed by atoms with E-state index in [2.05, 4.69) is 67.7 Å². The number of aromatic nitrogens is 4. The van der Waals surface area contributed by atoms with Crippen LogP contribution in [0.25, 0.3) is 11.2 Å². The molecule has 0 spiro atoms. The number of nitrogens with two attached hydrogens (primary N) is 1. The number of imidazole rings is 1. The number of rotatable bonds is 33. The number of phosphoric ester groups is 3. The van der Waals surface area contributed by atoms with Crippen molar-refractivity contribution in [2.45, 2.75) is 147 Å². The van der Waals surface area contributed by atoms with Crippen molar-refractivity contribution < 1.29 is 90.0 Å². The molecule has 1 aromatic carbocycles. The molecule has 1 aliphatic heterocycles. The molecule has 6 N–H and O–H groups in total. The van der Waals surface area contributed by atoms with E-state index >= 15 is 0 Å². The SMILES string of the molecule is CC(C)(CCCCCc1ccc(CCCCC2(OC=O)CC2)cc1)C(=O)CCNC(=O)CCNC(=O)C(O)C(C)(C)COP(=O)([O-])OP(=O)([O-])OCC1OC(n2cnc3c(N)ncnc32)C(O)C1OP(=O)([O-])[O-]. The lowest BCUT2D eigenvalue weighted by Gasteiger charge is -2.36. The van der Waals surface area contributed by atoms with E-state index in [1.54, 1.807) is 0 Å². The summed E-state index contributed by atoms with van der Waals surface area (Å²) in [6.07, 6.45) is 2.71. The minimum absolute atomic E-state index is 0.0105. The molecule has 7 atom stereocenters. The van der Waals surface area contributed by atoms with Gasteiger partial charge in [-0.05, 0) is 68.9 Å². The van der Waals surface area contributed by atoms with Gasteiger partial charge >= 0.3 is 0 Å². The number of fused-ring (bicyclic) bond motifs is 1. The van der Waals surface area contributed by atoms with Crippen LogP contribution in [-0.2, 0) is 73.1 Å². The van der Waals surface area contributed by atoms with Gasteiger partial charge in [-0.2, -0.15) is 0 Å². The number of hydrogen-bond acceptors (Lipinski definition) is 23. The van der Waals surface area contributed by atoms with Crippen molar-refractivity contribution in [1.29, 1.82) is 0 Å². The van der Waals surface area contributed by atoms with Gasteiger partial charge in [0.2, 0.25) is 11.8 Å². The number of phosphoric acid groups is 3. The lowest BCUT2D eigenvalue weighted by atomic mass is 9.81. The number of carbonyl (C=O) groups is 4. The summed E-state index contributed by atoms with van der Waals surface area (Å²) in [6, 6.07) is 8.65. The third-order valence-electron chi connectivity index (χ3n) is 12.7. The number of aliphatic hydroxyl groups is 2. The number of carbonyl (C=O) groups excluding carboxylic acids is 4. The quantitative estimate of drug-likeness (QED) is 0.0324. The fraction of sp³-hybridized carbons (Fsp3) is 0.659. The molecule has 2 aromatic heterocycles. The Kier molecular flexibility index (Phi) is 21.0. The van der Waals surface area contributed by atoms with E-state index in [-0.39, 0.29) is 54.3 Å². The Bertz CT molecular complexity index is 2500. The summed E-state index contributed by atoms with van der Waals surface area (Å²) in [6.45, 7) is 4.25. The number of anilines is 1. The molecule has 7 unspecified atom stereocenters. The zero-order chi connectivity index (χ0) is 53.8. The summed E-state index contributed by atoms with van der Waals surface area (Å²) in [5.41, 5.74) is 5.81. The second-order valence-corrected chi connectivity index (χ2v) is 23.6. The third kappa shape index (κ3) is 18.3. The molecule has 2 aliphatic rings. The highest BCUT2D eigenvalue weighted by Crippen LogP contribution is 2.56. The Morgan fingerprint density at radius 3 is 2.18 bits per heavy atom. The first-order valence-electron chi connectivity index (χ1n) is 23.7. The molecule has 408 valence electrons. The summed E-state index contributed by atoms with van der Waals surface area (Å²) in [5, 5.41) is 26.5. The van der Waals surface area contributed by atoms with Crippen LogP contribution in [0.4, 0.5) is 5.82 Å². The minimum atomic E-state index is -5.94. The van der Waals surface area contributed by atoms with Gasteiger partial charge in [0.1, 0.15) is 47.6 Å². The molecule has 2 amide bonds. The molecular weight excluding hydrogens is 1020 g/mol. The molecule has 1 saturated heterocycles. The van der Waals surface area contributed by atoms with E-state index in [0.717, 1.165) is 81.4 Å². The first kappa shape index (κ1) is 59.8. The molecule has 2 fully saturated rings. The number of nitrogens with zero attached hydrogens (tertiary/aromatic N) is 4. The maximum absolute atomic E-state index is 13.0. The van der Waals surface area contributed by atoms with Crippen molar-refractivity contribution in [3.63, 3.8) is 0 Å². The van der Waals surface area contributed by atoms with Gasteiger partial charge in [0.15, 0.2) is 17.7 Å². The van der Waals surface area contributed by atoms with Gasteiger partial charge in [-0.1, -0.05) is 64.8 Å². The van der Waals surface area contributed by atoms with Crippen LogP contribution >= 0.6 is 23.5 Å². The molecule has 1 aliphatic carbocycles. The maximum atomic E-state index is 13.0. The Labute approximate surface area is 421 Å². The van der Waals surface area contributed by atoms with Crippen LogP contribution in [0.2, 0.25) is 0 Å². The van der Waals surface area contributed by atoms with E-state index in [1.807, 2.05) is 13.8 Å². The summed E-state index contributed by atoms with van der Waals surface area (Å²) in [7, 11) is -17.7. The van der Waals surface area contributed by atoms with Crippen LogP contribution in [-0.4, -0.2) is 110 Å². The van der Waals surface area contributed by atoms with Crippen LogP contribution in [0, 0.1) is 10.8 Å². The minimum Gasteiger partial charge on any atom is -0.790 e. The normalized spacial score (nSPS) is 21.0. The Morgan fingerprint density at radius 1 is 0.918 bits per heavy atom. The number of Topliss-reactive ketones (excluding diaryl/α,β-unsaturated/α-hetero) is 1. The number of ketones is 1. The zero-order valence-corrected chi connectivity index (χ0v) is 43.7. The molecule has 0 bridgehead atoms. The molecule has 5 rings (SSSR count). The Morgan fingerprint density at radius 2 is 1.55 bits per heavy atom. The number of ether oxygens (including phenoxy) is 2. The number of nitrogens with one attached hydrogen (secondary N) is 2. The van der Waals surface area contributed by atoms with Crippen molar-refractivity contribution in [3.8, 4) is 0 Å². The van der Waals surface area contributed by atoms with E-state index in [0.29, 0.717) is 12.9 Å². The van der Waals surface area contributed by atoms with Crippen molar-refractivity contribution in [2.75, 3.05) is 32.0 Å². The second-order valence-electron chi connectivity index (χ2n) is 19.5. The number of hydrogen-bond donors (Lipinski definition) is 5. The molecule has 1 saturated carbocycles. The lowest BCUT2D eigenvalue weighted by molar-refractivity contribution is -0.347. The summed E-state index contributed by atoms with van der Waals surface area (Å²) < 4.78 is 66.2. The number of amides is 2. The molecule has 0 radical (unpaired) electrons. The predicted octanol–water partition coefficient (Wildman–Crippen LogP) is 1.08. The number of aliphatic hydroxyl groups excluding tert-OH is 2. The van der Waals surface area contributed by atoms with Crippen LogP contribution in [0.1, 0.15) is 116 Å². The number of aryl methyl sites for hydroxylation is 2. The highest BCUT2D eigenvalue weighted by Gasteiger charge is 2.48. The summed E-state index contributed by atoms with van der Waals surface area (Å²) >= 11 is 0. The maximum Gasteiger partial charge on any atom is 0.293 e. The van der Waals surface area contributed by atoms with Crippen molar-refractivity contribution in [3.05, 3.63) is 48.0 Å². The average molecular weight is 1090 g/mol. The van der Waals surface area contributed by atoms with Gasteiger partial charge in [-0.3, -0.25) is 32.9 Å². The van der Waals surface area contributed by atoms with Gasteiger partial charge in [0, 0.05) is 36.8 Å². The molecule has 29 heteroatoms. The molecule has 3 heterocycles. The summed E-state index contributed by atoms with van der Waals surface area (Å²) in [4.78, 5) is 109. The number of benzene rings is 1. The van der Waals surface area contributed by atoms with E-state index in [9.17, 15) is 62.7 Å². The highest BCUT2D eigenvalue weighted by molar-refractivity contribution is 7.59. The van der Waals surface area contributed by atoms with Crippen LogP contribution in [0.15, 0.2) is 36.9 Å². The van der Waals surface area contributed by atoms with Gasteiger partial charge in [-0.25, -0.2) is 19.3 Å². The largest absolute Gasteiger partial charge is 0.790 e. The first-order valence-corrected chi connectivity index (χ1v) is 28.1. The van der Waals surface area contributed by atoms with Crippen LogP contribution < -0.4 is 35.9 Å². The van der Waals surface area contributed by atoms with E-state index < -0.39 is 90.0 Å². The summed E-state index contributed by atoms with van der Waals surface area (Å²) in [5.74, 6) is -1.61. The van der Waals surface area contributed by atoms with Gasteiger partial charge in [0.25, 0.3) is 22.1 Å². The Hall–Kier alpha value is -4.10. The molecular formula is C44H64N7O19P3-4. The zero-order valence-electron chi connectivity index (χ0n) is 41.0. The van der Waals surface area contributed by atoms with Crippen molar-refractivity contribution in [2.24, 2.45) is 10.8 Å². The topological polar surface area (TPSA) is 401 Å². The van der Waals surface area contributed by atoms with Crippen molar-refractivity contribution >= 4 is 64.5 Å². The van der Waals surface area contributed by atoms with E-state index in [1.165, 1.54) is 25.0 Å². The van der Waals surface area contributed by atoms with E-state index in [4.69, 9.17) is 15.2 Å². The fourth-order valence-electron chi connectivity index (χ4n) is 8.10. The number of unbranched alkanes of at least 4 members (excludes halogenated alkanes) is 3. The highest BCUT2D eigenvalue weighted by atomic mass is 31.3. The monoisotopic (exact) mass is 1090 g/mol. The number of nitrogen functional groups attached to an aromatic ring is 1. The smallest absolute Gasteiger partial charge is 0.293 e. The van der Waals surface area contributed by atoms with Crippen LogP contribution in [0.5, 0.6) is 0 Å². The molecule has 26 nitrogen and oxygen atoms in total. The standard InChI is InChI=1S/C44H68N7O19P3/c1-42(2,18-8-5-6-10-29-12-14-30(15-13-29)11-7-9-19-44(20-21-44)65-28-52)32(53)16-22-46-33(54)17-23-47-40(57)37(56)43(3,4)25-67-73(63,64)70-72(61,62)66-24-31-36(69-71(58,59)60)35(55)41(68-31)51-27-50-34-38(45)48-26-49-39(34)51/h12-15,26-28,31,35-37,41,55-56H,5-11,16-25H2,1-4H3,(H,46,54)(H,47,57)(H,61,62)(H,63,64)(H2,45,48,49)(H2,58,59,60)/p-4. The average Bonchev–Trinajstić information content (AvgIpc) is 3.83. The molecule has 73 heavy (non-hydrogen) atoms. The van der Waals surface area contributed by atoms with Gasteiger partial charge < -0.3 is 73.8 Å². The van der Waals surface area contributed by atoms with Gasteiger partial charge in [-0.15, -0.1) is 0 Å². The Balaban J connectivity index is 0.949. The fourth-order valence-corrected chi connectivity index (χ4v) is 10.8. The van der Waals surface area contributed by atoms with Crippen LogP contribution in [0.3, 0.4) is 0 Å². The predicted molar refractivity (Wildman–Crippen MR) is 249 cm³/mol. The van der Waals surface area contributed by atoms with Crippen molar-refractivity contribution in [1.82, 2.24) is 30.2 Å². The first-order chi connectivity index (χ1) is 34.2. The second kappa shape index (κ2) is 25.6.